The Bertz CT molecular complexity index is 516. The van der Waals surface area contributed by atoms with E-state index in [1.165, 1.54) is 0 Å². The molecule has 3 rings (SSSR count). The van der Waals surface area contributed by atoms with Gasteiger partial charge in [0.2, 0.25) is 0 Å². The normalized spacial score (nSPS) is 40.0. The van der Waals surface area contributed by atoms with E-state index < -0.39 is 22.5 Å². The van der Waals surface area contributed by atoms with E-state index in [1.807, 2.05) is 26.8 Å². The smallest absolute Gasteiger partial charge is 0.195 e. The molecule has 3 heteroatoms. The summed E-state index contributed by atoms with van der Waals surface area (Å²) >= 11 is 0. The van der Waals surface area contributed by atoms with Crippen LogP contribution < -0.4 is 0 Å². The van der Waals surface area contributed by atoms with E-state index in [2.05, 4.69) is 0 Å². The standard InChI is InChI=1S/C15H20O3/c1-8-10-9(7-13(2,3)12(10)17)11(16)14(4,18)15(8)5-6-15/h7,12,17-18H,5-6H2,1-4H3/t12?,14-/m0/s1. The van der Waals surface area contributed by atoms with Crippen LogP contribution in [0.4, 0.5) is 0 Å². The van der Waals surface area contributed by atoms with Gasteiger partial charge in [-0.25, -0.2) is 0 Å². The molecule has 3 nitrogen and oxygen atoms in total. The fraction of sp³-hybridized carbons (Fsp3) is 0.667. The minimum atomic E-state index is -1.31. The number of hydrogen-bond donors (Lipinski definition) is 2. The van der Waals surface area contributed by atoms with Crippen molar-refractivity contribution in [3.8, 4) is 0 Å². The summed E-state index contributed by atoms with van der Waals surface area (Å²) in [6, 6.07) is 0. The van der Waals surface area contributed by atoms with E-state index in [1.54, 1.807) is 6.92 Å². The molecule has 0 bridgehead atoms. The molecule has 1 fully saturated rings. The van der Waals surface area contributed by atoms with Gasteiger partial charge in [0, 0.05) is 16.4 Å². The third-order valence-corrected chi connectivity index (χ3v) is 5.28. The lowest BCUT2D eigenvalue weighted by Gasteiger charge is -2.39. The van der Waals surface area contributed by atoms with E-state index >= 15 is 0 Å². The Labute approximate surface area is 107 Å². The highest BCUT2D eigenvalue weighted by atomic mass is 16.3. The Hall–Kier alpha value is -0.930. The number of carbonyl (C=O) groups excluding carboxylic acids is 1. The lowest BCUT2D eigenvalue weighted by molar-refractivity contribution is -0.138. The maximum Gasteiger partial charge on any atom is 0.195 e. The van der Waals surface area contributed by atoms with Gasteiger partial charge in [0.25, 0.3) is 0 Å². The lowest BCUT2D eigenvalue weighted by Crippen LogP contribution is -2.49. The summed E-state index contributed by atoms with van der Waals surface area (Å²) in [5.41, 5.74) is 0.154. The topological polar surface area (TPSA) is 57.5 Å². The monoisotopic (exact) mass is 248 g/mol. The van der Waals surface area contributed by atoms with E-state index in [-0.39, 0.29) is 5.78 Å². The highest BCUT2D eigenvalue weighted by Gasteiger charge is 2.66. The zero-order valence-electron chi connectivity index (χ0n) is 11.4. The number of aliphatic hydroxyl groups is 2. The summed E-state index contributed by atoms with van der Waals surface area (Å²) in [5.74, 6) is -0.217. The molecule has 0 aromatic carbocycles. The molecule has 2 atom stereocenters. The van der Waals surface area contributed by atoms with E-state index in [0.717, 1.165) is 24.0 Å². The number of fused-ring (bicyclic) bond motifs is 1. The molecule has 3 aliphatic carbocycles. The Kier molecular flexibility index (Phi) is 2.00. The van der Waals surface area contributed by atoms with Gasteiger partial charge in [-0.1, -0.05) is 25.5 Å². The predicted octanol–water partition coefficient (Wildman–Crippen LogP) is 1.74. The van der Waals surface area contributed by atoms with Crippen LogP contribution >= 0.6 is 0 Å². The van der Waals surface area contributed by atoms with Gasteiger partial charge < -0.3 is 10.2 Å². The minimum absolute atomic E-state index is 0.217. The number of Topliss-reactive ketones (excluding diaryl/α,β-unsaturated/α-hetero) is 1. The van der Waals surface area contributed by atoms with E-state index in [9.17, 15) is 15.0 Å². The summed E-state index contributed by atoms with van der Waals surface area (Å²) in [5, 5.41) is 21.0. The molecule has 1 saturated carbocycles. The van der Waals surface area contributed by atoms with Crippen molar-refractivity contribution < 1.29 is 15.0 Å². The van der Waals surface area contributed by atoms with Crippen LogP contribution in [0.5, 0.6) is 0 Å². The van der Waals surface area contributed by atoms with Crippen molar-refractivity contribution in [1.29, 1.82) is 0 Å². The molecule has 1 unspecified atom stereocenters. The molecule has 0 aromatic rings. The van der Waals surface area contributed by atoms with Gasteiger partial charge in [0.1, 0.15) is 5.60 Å². The molecule has 0 saturated heterocycles. The fourth-order valence-electron chi connectivity index (χ4n) is 3.73. The highest BCUT2D eigenvalue weighted by molar-refractivity contribution is 6.09. The summed E-state index contributed by atoms with van der Waals surface area (Å²) in [6.07, 6.45) is 2.86. The van der Waals surface area contributed by atoms with Crippen LogP contribution in [-0.4, -0.2) is 27.7 Å². The van der Waals surface area contributed by atoms with Crippen molar-refractivity contribution in [1.82, 2.24) is 0 Å². The second-order valence-corrected chi connectivity index (χ2v) is 6.80. The second kappa shape index (κ2) is 2.97. The molecule has 1 spiro atoms. The number of ketones is 1. The first-order valence-electron chi connectivity index (χ1n) is 6.55. The molecule has 2 N–H and O–H groups in total. The van der Waals surface area contributed by atoms with Crippen molar-refractivity contribution in [2.24, 2.45) is 10.8 Å². The number of rotatable bonds is 0. The minimum Gasteiger partial charge on any atom is -0.388 e. The van der Waals surface area contributed by atoms with E-state index in [0.29, 0.717) is 5.57 Å². The molecule has 0 aromatic heterocycles. The molecule has 98 valence electrons. The molecular weight excluding hydrogens is 228 g/mol. The summed E-state index contributed by atoms with van der Waals surface area (Å²) in [7, 11) is 0. The summed E-state index contributed by atoms with van der Waals surface area (Å²) < 4.78 is 0. The fourth-order valence-corrected chi connectivity index (χ4v) is 3.73. The Balaban J connectivity index is 2.28. The van der Waals surface area contributed by atoms with Crippen LogP contribution in [0, 0.1) is 10.8 Å². The SMILES string of the molecule is CC1=C2C(=CC(C)(C)C2O)C(=O)[C@](C)(O)C12CC2. The Morgan fingerprint density at radius 2 is 1.83 bits per heavy atom. The van der Waals surface area contributed by atoms with Gasteiger partial charge >= 0.3 is 0 Å². The molecule has 18 heavy (non-hydrogen) atoms. The third kappa shape index (κ3) is 1.10. The van der Waals surface area contributed by atoms with Gasteiger partial charge in [-0.3, -0.25) is 4.79 Å². The molecule has 3 aliphatic rings. The first-order valence-corrected chi connectivity index (χ1v) is 6.55. The first-order chi connectivity index (χ1) is 8.15. The highest BCUT2D eigenvalue weighted by Crippen LogP contribution is 2.65. The molecule has 0 radical (unpaired) electrons. The summed E-state index contributed by atoms with van der Waals surface area (Å²) in [6.45, 7) is 7.43. The zero-order chi connectivity index (χ0) is 13.5. The average Bonchev–Trinajstić information content (AvgIpc) is 3.02. The largest absolute Gasteiger partial charge is 0.388 e. The molecule has 0 heterocycles. The van der Waals surface area contributed by atoms with Gasteiger partial charge in [-0.05, 0) is 32.3 Å². The molecular formula is C15H20O3. The Morgan fingerprint density at radius 1 is 1.28 bits per heavy atom. The van der Waals surface area contributed by atoms with Crippen LogP contribution in [0.25, 0.3) is 0 Å². The summed E-state index contributed by atoms with van der Waals surface area (Å²) in [4.78, 5) is 12.5. The van der Waals surface area contributed by atoms with Crippen molar-refractivity contribution in [3.63, 3.8) is 0 Å². The predicted molar refractivity (Wildman–Crippen MR) is 67.9 cm³/mol. The van der Waals surface area contributed by atoms with Gasteiger partial charge in [0.15, 0.2) is 5.78 Å². The van der Waals surface area contributed by atoms with E-state index in [4.69, 9.17) is 0 Å². The van der Waals surface area contributed by atoms with Crippen molar-refractivity contribution in [2.75, 3.05) is 0 Å². The number of hydrogen-bond acceptors (Lipinski definition) is 3. The van der Waals surface area contributed by atoms with Crippen LogP contribution in [0.1, 0.15) is 40.5 Å². The van der Waals surface area contributed by atoms with Gasteiger partial charge in [-0.2, -0.15) is 0 Å². The maximum absolute atomic E-state index is 12.5. The quantitative estimate of drug-likeness (QED) is 0.686. The van der Waals surface area contributed by atoms with Crippen molar-refractivity contribution in [3.05, 3.63) is 22.8 Å². The number of carbonyl (C=O) groups is 1. The van der Waals surface area contributed by atoms with Crippen LogP contribution in [-0.2, 0) is 4.79 Å². The van der Waals surface area contributed by atoms with Gasteiger partial charge in [-0.15, -0.1) is 0 Å². The second-order valence-electron chi connectivity index (χ2n) is 6.80. The van der Waals surface area contributed by atoms with Crippen LogP contribution in [0.15, 0.2) is 22.8 Å². The number of aliphatic hydroxyl groups excluding tert-OH is 1. The Morgan fingerprint density at radius 3 is 2.33 bits per heavy atom. The van der Waals surface area contributed by atoms with Crippen LogP contribution in [0.2, 0.25) is 0 Å². The van der Waals surface area contributed by atoms with Crippen molar-refractivity contribution in [2.45, 2.75) is 52.2 Å². The van der Waals surface area contributed by atoms with Crippen molar-refractivity contribution >= 4 is 5.78 Å². The first kappa shape index (κ1) is 12.1. The lowest BCUT2D eigenvalue weighted by atomic mass is 9.67. The van der Waals surface area contributed by atoms with Gasteiger partial charge in [0.05, 0.1) is 6.10 Å². The third-order valence-electron chi connectivity index (χ3n) is 5.28. The maximum atomic E-state index is 12.5. The zero-order valence-corrected chi connectivity index (χ0v) is 11.4. The molecule has 0 aliphatic heterocycles. The molecule has 0 amide bonds. The van der Waals surface area contributed by atoms with Crippen LogP contribution in [0.3, 0.4) is 0 Å². The average molecular weight is 248 g/mol.